The van der Waals surface area contributed by atoms with Crippen LogP contribution in [0.2, 0.25) is 0 Å². The van der Waals surface area contributed by atoms with Crippen molar-refractivity contribution in [1.29, 1.82) is 0 Å². The van der Waals surface area contributed by atoms with Crippen LogP contribution >= 0.6 is 0 Å². The second-order valence-corrected chi connectivity index (χ2v) is 5.79. The number of carbonyl (C=O) groups excluding carboxylic acids is 1. The van der Waals surface area contributed by atoms with Crippen molar-refractivity contribution in [2.45, 2.75) is 19.3 Å². The predicted octanol–water partition coefficient (Wildman–Crippen LogP) is 1.99. The first-order chi connectivity index (χ1) is 10.8. The van der Waals surface area contributed by atoms with Gasteiger partial charge in [-0.15, -0.1) is 0 Å². The number of nitrogens with zero attached hydrogens (tertiary/aromatic N) is 1. The fourth-order valence-corrected chi connectivity index (χ4v) is 2.13. The lowest BCUT2D eigenvalue weighted by molar-refractivity contribution is -0.386. The van der Waals surface area contributed by atoms with Gasteiger partial charge in [-0.2, -0.15) is 0 Å². The number of carbonyl (C=O) groups is 1. The first-order valence-electron chi connectivity index (χ1n) is 7.02. The standard InChI is InChI=1S/C16H17N3O4/c1-16(2,12-6-4-3-5-7-12)10-18-14(20)11-8-13(19(22)23)15(21)17-9-11/h3-9H,10H2,1-2H3,(H,17,21)(H,18,20). The topological polar surface area (TPSA) is 105 Å². The Morgan fingerprint density at radius 1 is 1.30 bits per heavy atom. The molecule has 1 aromatic heterocycles. The van der Waals surface area contributed by atoms with Gasteiger partial charge in [0.05, 0.1) is 10.5 Å². The molecule has 2 aromatic rings. The van der Waals surface area contributed by atoms with Crippen molar-refractivity contribution in [2.75, 3.05) is 6.54 Å². The Morgan fingerprint density at radius 3 is 2.57 bits per heavy atom. The maximum Gasteiger partial charge on any atom is 0.334 e. The van der Waals surface area contributed by atoms with E-state index in [1.54, 1.807) is 0 Å². The maximum absolute atomic E-state index is 12.2. The number of rotatable bonds is 5. The van der Waals surface area contributed by atoms with Crippen molar-refractivity contribution in [3.63, 3.8) is 0 Å². The van der Waals surface area contributed by atoms with Gasteiger partial charge in [0.25, 0.3) is 5.91 Å². The van der Waals surface area contributed by atoms with Crippen LogP contribution in [0.5, 0.6) is 0 Å². The lowest BCUT2D eigenvalue weighted by atomic mass is 9.84. The molecule has 0 saturated heterocycles. The third-order valence-electron chi connectivity index (χ3n) is 3.59. The molecule has 1 heterocycles. The second-order valence-electron chi connectivity index (χ2n) is 5.79. The monoisotopic (exact) mass is 315 g/mol. The Balaban J connectivity index is 2.12. The molecule has 0 spiro atoms. The van der Waals surface area contributed by atoms with E-state index in [1.807, 2.05) is 44.2 Å². The molecule has 1 amide bonds. The number of nitro groups is 1. The first-order valence-corrected chi connectivity index (χ1v) is 7.02. The van der Waals surface area contributed by atoms with Crippen LogP contribution in [0.4, 0.5) is 5.69 Å². The molecule has 0 aliphatic heterocycles. The van der Waals surface area contributed by atoms with Gasteiger partial charge < -0.3 is 10.3 Å². The van der Waals surface area contributed by atoms with Gasteiger partial charge in [-0.05, 0) is 5.56 Å². The van der Waals surface area contributed by atoms with Crippen LogP contribution < -0.4 is 10.9 Å². The average Bonchev–Trinajstić information content (AvgIpc) is 2.53. The molecule has 0 bridgehead atoms. The summed E-state index contributed by atoms with van der Waals surface area (Å²) in [6.07, 6.45) is 1.17. The van der Waals surface area contributed by atoms with Crippen LogP contribution in [0, 0.1) is 10.1 Å². The van der Waals surface area contributed by atoms with E-state index in [-0.39, 0.29) is 11.0 Å². The number of pyridine rings is 1. The van der Waals surface area contributed by atoms with Gasteiger partial charge in [0.1, 0.15) is 0 Å². The Bertz CT molecular complexity index is 781. The number of aromatic amines is 1. The Hall–Kier alpha value is -2.96. The van der Waals surface area contributed by atoms with Gasteiger partial charge >= 0.3 is 11.2 Å². The highest BCUT2D eigenvalue weighted by molar-refractivity contribution is 5.94. The summed E-state index contributed by atoms with van der Waals surface area (Å²) in [7, 11) is 0. The van der Waals surface area contributed by atoms with Crippen molar-refractivity contribution in [2.24, 2.45) is 0 Å². The lowest BCUT2D eigenvalue weighted by Gasteiger charge is -2.25. The van der Waals surface area contributed by atoms with E-state index in [9.17, 15) is 19.7 Å². The Kier molecular flexibility index (Phi) is 4.59. The molecule has 0 radical (unpaired) electrons. The number of hydrogen-bond donors (Lipinski definition) is 2. The normalized spacial score (nSPS) is 11.0. The van der Waals surface area contributed by atoms with Crippen LogP contribution in [0.3, 0.4) is 0 Å². The predicted molar refractivity (Wildman–Crippen MR) is 85.5 cm³/mol. The lowest BCUT2D eigenvalue weighted by Crippen LogP contribution is -2.36. The molecular formula is C16H17N3O4. The zero-order chi connectivity index (χ0) is 17.0. The molecule has 0 atom stereocenters. The van der Waals surface area contributed by atoms with Crippen molar-refractivity contribution in [1.82, 2.24) is 10.3 Å². The van der Waals surface area contributed by atoms with Gasteiger partial charge in [0.2, 0.25) is 0 Å². The molecule has 0 fully saturated rings. The van der Waals surface area contributed by atoms with E-state index in [4.69, 9.17) is 0 Å². The third kappa shape index (κ3) is 3.82. The smallest absolute Gasteiger partial charge is 0.334 e. The van der Waals surface area contributed by atoms with Crippen LogP contribution in [-0.4, -0.2) is 22.4 Å². The summed E-state index contributed by atoms with van der Waals surface area (Å²) < 4.78 is 0. The fraction of sp³-hybridized carbons (Fsp3) is 0.250. The first kappa shape index (κ1) is 16.4. The summed E-state index contributed by atoms with van der Waals surface area (Å²) in [5.41, 5.74) is -0.686. The summed E-state index contributed by atoms with van der Waals surface area (Å²) in [4.78, 5) is 35.6. The average molecular weight is 315 g/mol. The minimum atomic E-state index is -0.837. The molecule has 2 rings (SSSR count). The minimum Gasteiger partial charge on any atom is -0.351 e. The number of hydrogen-bond acceptors (Lipinski definition) is 4. The zero-order valence-electron chi connectivity index (χ0n) is 12.8. The summed E-state index contributed by atoms with van der Waals surface area (Å²) in [6.45, 7) is 4.32. The molecule has 120 valence electrons. The second kappa shape index (κ2) is 6.43. The summed E-state index contributed by atoms with van der Waals surface area (Å²) in [5, 5.41) is 13.5. The van der Waals surface area contributed by atoms with Gasteiger partial charge in [-0.3, -0.25) is 19.7 Å². The molecule has 0 aliphatic carbocycles. The van der Waals surface area contributed by atoms with Crippen LogP contribution in [0.15, 0.2) is 47.4 Å². The minimum absolute atomic E-state index is 0.0418. The number of benzene rings is 1. The van der Waals surface area contributed by atoms with E-state index < -0.39 is 22.1 Å². The van der Waals surface area contributed by atoms with Crippen molar-refractivity contribution >= 4 is 11.6 Å². The highest BCUT2D eigenvalue weighted by atomic mass is 16.6. The van der Waals surface area contributed by atoms with Crippen molar-refractivity contribution in [3.05, 3.63) is 74.2 Å². The highest BCUT2D eigenvalue weighted by Crippen LogP contribution is 2.21. The number of nitrogens with one attached hydrogen (secondary N) is 2. The van der Waals surface area contributed by atoms with Crippen LogP contribution in [0.1, 0.15) is 29.8 Å². The SMILES string of the molecule is CC(C)(CNC(=O)c1c[nH]c(=O)c([N+](=O)[O-])c1)c1ccccc1. The third-order valence-corrected chi connectivity index (χ3v) is 3.59. The molecule has 7 heteroatoms. The number of H-pyrrole nitrogens is 1. The molecule has 23 heavy (non-hydrogen) atoms. The number of amides is 1. The summed E-state index contributed by atoms with van der Waals surface area (Å²) in [6, 6.07) is 10.7. The van der Waals surface area contributed by atoms with E-state index in [0.29, 0.717) is 6.54 Å². The van der Waals surface area contributed by atoms with E-state index in [0.717, 1.165) is 11.6 Å². The fourth-order valence-electron chi connectivity index (χ4n) is 2.13. The Labute approximate surface area is 132 Å². The van der Waals surface area contributed by atoms with E-state index >= 15 is 0 Å². The van der Waals surface area contributed by atoms with Gasteiger partial charge in [-0.25, -0.2) is 0 Å². The van der Waals surface area contributed by atoms with Gasteiger partial charge in [0.15, 0.2) is 0 Å². The largest absolute Gasteiger partial charge is 0.351 e. The number of aromatic nitrogens is 1. The molecule has 1 aromatic carbocycles. The van der Waals surface area contributed by atoms with Gasteiger partial charge in [-0.1, -0.05) is 44.2 Å². The van der Waals surface area contributed by atoms with Gasteiger partial charge in [0, 0.05) is 24.2 Å². The quantitative estimate of drug-likeness (QED) is 0.650. The summed E-state index contributed by atoms with van der Waals surface area (Å²) in [5.74, 6) is -0.478. The highest BCUT2D eigenvalue weighted by Gasteiger charge is 2.22. The molecular weight excluding hydrogens is 298 g/mol. The summed E-state index contributed by atoms with van der Waals surface area (Å²) >= 11 is 0. The van der Waals surface area contributed by atoms with Crippen LogP contribution in [0.25, 0.3) is 0 Å². The molecule has 0 unspecified atom stereocenters. The Morgan fingerprint density at radius 2 is 1.96 bits per heavy atom. The van der Waals surface area contributed by atoms with E-state index in [2.05, 4.69) is 10.3 Å². The zero-order valence-corrected chi connectivity index (χ0v) is 12.8. The van der Waals surface area contributed by atoms with Crippen molar-refractivity contribution in [3.8, 4) is 0 Å². The molecule has 2 N–H and O–H groups in total. The molecule has 0 saturated carbocycles. The van der Waals surface area contributed by atoms with E-state index in [1.165, 1.54) is 6.20 Å². The molecule has 0 aliphatic rings. The van der Waals surface area contributed by atoms with Crippen LogP contribution in [-0.2, 0) is 5.41 Å². The van der Waals surface area contributed by atoms with Crippen molar-refractivity contribution < 1.29 is 9.72 Å². The maximum atomic E-state index is 12.2. The molecule has 7 nitrogen and oxygen atoms in total.